The lowest BCUT2D eigenvalue weighted by Crippen LogP contribution is -2.18. The average molecular weight is 1570 g/mol. The fourth-order valence-electron chi connectivity index (χ4n) is 21.3. The Kier molecular flexibility index (Phi) is 14.9. The molecule has 0 spiro atoms. The van der Waals surface area contributed by atoms with Crippen molar-refractivity contribution in [1.29, 1.82) is 0 Å². The molecule has 2 aliphatic heterocycles. The second kappa shape index (κ2) is 26.6. The van der Waals surface area contributed by atoms with Gasteiger partial charge in [0.15, 0.2) is 0 Å². The van der Waals surface area contributed by atoms with Gasteiger partial charge in [-0.2, -0.15) is 0 Å². The maximum atomic E-state index is 4.83. The van der Waals surface area contributed by atoms with Gasteiger partial charge in [-0.3, -0.25) is 0 Å². The molecule has 0 amide bonds. The number of hydrogen-bond acceptors (Lipinski definition) is 2. The molecule has 0 bridgehead atoms. The third kappa shape index (κ3) is 10.2. The van der Waals surface area contributed by atoms with E-state index in [2.05, 4.69) is 439 Å². The molecule has 26 rings (SSSR count). The molecule has 0 saturated carbocycles. The lowest BCUT2D eigenvalue weighted by molar-refractivity contribution is 1.09. The van der Waals surface area contributed by atoms with Crippen molar-refractivity contribution >= 4 is 213 Å². The van der Waals surface area contributed by atoms with Crippen LogP contribution in [0.2, 0.25) is 0 Å². The summed E-state index contributed by atoms with van der Waals surface area (Å²) in [6.07, 6.45) is 15.6. The van der Waals surface area contributed by atoms with Crippen LogP contribution in [-0.2, 0) is 0 Å². The number of nitrogens with zero attached hydrogens (tertiary/aromatic N) is 7. The van der Waals surface area contributed by atoms with Crippen LogP contribution < -0.4 is 9.80 Å². The molecule has 0 N–H and O–H groups in total. The van der Waals surface area contributed by atoms with Crippen LogP contribution >= 0.6 is 0 Å². The maximum absolute atomic E-state index is 4.83. The van der Waals surface area contributed by atoms with Gasteiger partial charge in [0.25, 0.3) is 0 Å². The van der Waals surface area contributed by atoms with Crippen LogP contribution in [0, 0.1) is 0 Å². The van der Waals surface area contributed by atoms with Crippen molar-refractivity contribution < 1.29 is 0 Å². The monoisotopic (exact) mass is 1570 g/mol. The van der Waals surface area contributed by atoms with Gasteiger partial charge in [-0.1, -0.05) is 250 Å². The van der Waals surface area contributed by atoms with E-state index in [1.54, 1.807) is 0 Å². The van der Waals surface area contributed by atoms with Crippen LogP contribution in [0.5, 0.6) is 0 Å². The highest BCUT2D eigenvalue weighted by atomic mass is 15.1. The normalized spacial score (nSPS) is 14.8. The van der Waals surface area contributed by atoms with Gasteiger partial charge in [0.1, 0.15) is 0 Å². The zero-order valence-corrected chi connectivity index (χ0v) is 67.1. The molecule has 7 nitrogen and oxygen atoms in total. The Labute approximate surface area is 707 Å². The summed E-state index contributed by atoms with van der Waals surface area (Å²) < 4.78 is 12.4. The van der Waals surface area contributed by atoms with Crippen LogP contribution in [0.25, 0.3) is 213 Å². The lowest BCUT2D eigenvalue weighted by Gasteiger charge is -2.27. The Morgan fingerprint density at radius 2 is 0.520 bits per heavy atom. The predicted octanol–water partition coefficient (Wildman–Crippen LogP) is 30.6. The molecule has 0 aliphatic carbocycles. The summed E-state index contributed by atoms with van der Waals surface area (Å²) in [7, 11) is 0. The molecular formula is C116H75N7. The number of benzene rings is 19. The van der Waals surface area contributed by atoms with Gasteiger partial charge in [0.05, 0.1) is 55.2 Å². The molecule has 123 heavy (non-hydrogen) atoms. The minimum absolute atomic E-state index is 0.653. The second-order valence-electron chi connectivity index (χ2n) is 33.1. The van der Waals surface area contributed by atoms with E-state index in [1.807, 2.05) is 0 Å². The number of hydrogen-bond donors (Lipinski definition) is 0. The van der Waals surface area contributed by atoms with Gasteiger partial charge in [-0.25, -0.2) is 0 Å². The molecule has 2 aliphatic rings. The van der Waals surface area contributed by atoms with Gasteiger partial charge in [-0.05, 0) is 246 Å². The maximum Gasteiger partial charge on any atom is 0.0547 e. The summed E-state index contributed by atoms with van der Waals surface area (Å²) in [5.74, 6) is 0. The summed E-state index contributed by atoms with van der Waals surface area (Å²) in [6, 6.07) is 136. The third-order valence-electron chi connectivity index (χ3n) is 26.7. The van der Waals surface area contributed by atoms with Gasteiger partial charge < -0.3 is 32.6 Å². The number of fused-ring (bicyclic) bond motifs is 29. The highest BCUT2D eigenvalue weighted by Crippen LogP contribution is 2.50. The first kappa shape index (κ1) is 68.8. The van der Waals surface area contributed by atoms with Crippen molar-refractivity contribution in [2.45, 2.75) is 0 Å². The van der Waals surface area contributed by atoms with Crippen LogP contribution in [0.1, 0.15) is 11.1 Å². The summed E-state index contributed by atoms with van der Waals surface area (Å²) >= 11 is 0. The van der Waals surface area contributed by atoms with Crippen molar-refractivity contribution in [1.82, 2.24) is 22.8 Å². The lowest BCUT2D eigenvalue weighted by atomic mass is 9.91. The molecule has 0 saturated heterocycles. The van der Waals surface area contributed by atoms with E-state index in [1.165, 1.54) is 135 Å². The Morgan fingerprint density at radius 1 is 0.187 bits per heavy atom. The number of para-hydroxylation sites is 8. The van der Waals surface area contributed by atoms with E-state index >= 15 is 0 Å². The Morgan fingerprint density at radius 3 is 1.04 bits per heavy atom. The van der Waals surface area contributed by atoms with Crippen LogP contribution in [0.4, 0.5) is 22.7 Å². The Hall–Kier alpha value is -16.2. The second-order valence-corrected chi connectivity index (χ2v) is 33.1. The van der Waals surface area contributed by atoms with Crippen molar-refractivity contribution in [2.24, 2.45) is 0 Å². The zero-order chi connectivity index (χ0) is 80.8. The molecule has 574 valence electrons. The predicted molar refractivity (Wildman–Crippen MR) is 525 cm³/mol. The van der Waals surface area contributed by atoms with Crippen LogP contribution in [-0.4, -0.2) is 35.9 Å². The highest BCUT2D eigenvalue weighted by molar-refractivity contribution is 6.33. The molecule has 0 fully saturated rings. The quantitative estimate of drug-likeness (QED) is 0.149. The summed E-state index contributed by atoms with van der Waals surface area (Å²) in [6.45, 7) is 10.9. The van der Waals surface area contributed by atoms with Gasteiger partial charge >= 0.3 is 0 Å². The minimum atomic E-state index is 0.653. The van der Waals surface area contributed by atoms with Gasteiger partial charge in [0, 0.05) is 129 Å². The van der Waals surface area contributed by atoms with E-state index in [0.717, 1.165) is 112 Å². The molecule has 24 aromatic rings. The third-order valence-corrected chi connectivity index (χ3v) is 26.7. The van der Waals surface area contributed by atoms with E-state index in [9.17, 15) is 0 Å². The molecule has 19 aromatic carbocycles. The summed E-state index contributed by atoms with van der Waals surface area (Å²) in [5, 5.41) is 26.5. The van der Waals surface area contributed by atoms with Crippen LogP contribution in [0.3, 0.4) is 0 Å². The highest BCUT2D eigenvalue weighted by Gasteiger charge is 2.27. The van der Waals surface area contributed by atoms with Crippen LogP contribution in [0.15, 0.2) is 420 Å². The molecule has 0 atom stereocenters. The molecule has 0 unspecified atom stereocenters. The van der Waals surface area contributed by atoms with Crippen molar-refractivity contribution in [3.8, 4) is 22.7 Å². The van der Waals surface area contributed by atoms with Gasteiger partial charge in [-0.15, -0.1) is 0 Å². The average Bonchev–Trinajstić information content (AvgIpc) is 1.56. The first-order chi connectivity index (χ1) is 60.9. The van der Waals surface area contributed by atoms with E-state index in [0.29, 0.717) is 13.1 Å². The molecule has 7 heterocycles. The molecule has 5 aromatic heterocycles. The number of allylic oxidation sites excluding steroid dienone is 8. The van der Waals surface area contributed by atoms with Gasteiger partial charge in [0.2, 0.25) is 0 Å². The van der Waals surface area contributed by atoms with Crippen molar-refractivity contribution in [3.05, 3.63) is 431 Å². The molecular weight excluding hydrogens is 1490 g/mol. The molecule has 7 heteroatoms. The minimum Gasteiger partial charge on any atom is -0.337 e. The summed E-state index contributed by atoms with van der Waals surface area (Å²) in [5.41, 5.74) is 25.5. The molecule has 0 radical (unpaired) electrons. The SMILES string of the molecule is C=C1/C=C\C=C/CN(c2ccc3c(c2)c2ccccc2c2cc4c5cc6c7ccccc7c7cc(-n8c9ccccc9c9cc(-n%10c%11ccccc%11c%11ccccc%11%10)ccc98)ccc7c6cc5n(-c5ccc6c(c5)c5ccccc5n6C5=C/C(=C)c6ccccc6N(c6ccccc6)C/C=C\5)c4cc32)c2ccc(-n3c4ccccc4c4ccccc43)cc21. The topological polar surface area (TPSA) is 31.1 Å². The first-order valence-corrected chi connectivity index (χ1v) is 42.5. The van der Waals surface area contributed by atoms with Crippen molar-refractivity contribution in [2.75, 3.05) is 22.9 Å². The Bertz CT molecular complexity index is 8840. The first-order valence-electron chi connectivity index (χ1n) is 42.5. The van der Waals surface area contributed by atoms with E-state index in [4.69, 9.17) is 13.2 Å². The number of aromatic nitrogens is 5. The largest absolute Gasteiger partial charge is 0.337 e. The number of rotatable bonds is 7. The fraction of sp³-hybridized carbons (Fsp3) is 0.0172. The van der Waals surface area contributed by atoms with E-state index < -0.39 is 0 Å². The number of anilines is 4. The summed E-state index contributed by atoms with van der Waals surface area (Å²) in [4.78, 5) is 4.86. The standard InChI is InChI=1S/C116H75N7/c1-72-28-5-4-26-60-118(106-57-52-78(64-94(72)106)120-107-44-20-13-37-88(107)89-38-14-21-45-108(89)120)75-50-55-86-95(63-75)82-33-8-10-35-84(82)97-68-103-104-69-98-85-36-11-9-34-83(85)96-65-77(122-112-49-25-18-42-93(112)101-66-79(53-58-114(101)122)121-109-46-22-15-39-90(109)91-40-16-23-47-110(91)121)51-56-87(96)100(98)71-116(104)123(115(103)70-99(86)97)80-54-59-113-102(67-80)92-41-17-24-48-111(92)119(113)76-31-27-61-117(74-29-6-3-7-30-74)105-43-19-12-32-81(105)73(2)62-76/h3-59,62-71H,1-2,60-61H2/b26-4-,28-5-,31-27-,76-62+. The zero-order valence-electron chi connectivity index (χ0n) is 67.1. The van der Waals surface area contributed by atoms with Crippen molar-refractivity contribution in [3.63, 3.8) is 0 Å². The fourth-order valence-corrected chi connectivity index (χ4v) is 21.3. The van der Waals surface area contributed by atoms with E-state index in [-0.39, 0.29) is 0 Å². The Balaban J connectivity index is 0.691. The smallest absolute Gasteiger partial charge is 0.0547 e.